The van der Waals surface area contributed by atoms with Gasteiger partial charge in [-0.05, 0) is 58.6 Å². The van der Waals surface area contributed by atoms with Crippen LogP contribution in [-0.2, 0) is 0 Å². The molecule has 0 spiro atoms. The van der Waals surface area contributed by atoms with Gasteiger partial charge in [0.2, 0.25) is 0 Å². The highest BCUT2D eigenvalue weighted by molar-refractivity contribution is 7.13. The van der Waals surface area contributed by atoms with Gasteiger partial charge in [0.25, 0.3) is 5.91 Å². The van der Waals surface area contributed by atoms with Crippen LogP contribution in [0.2, 0.25) is 0 Å². The molecule has 0 radical (unpaired) electrons. The minimum atomic E-state index is -0.234. The number of carbonyl (C=O) groups excluding carboxylic acids is 1. The van der Waals surface area contributed by atoms with E-state index in [9.17, 15) is 4.79 Å². The number of nitrogens with zero attached hydrogens (tertiary/aromatic N) is 6. The van der Waals surface area contributed by atoms with E-state index in [-0.39, 0.29) is 5.91 Å². The van der Waals surface area contributed by atoms with E-state index in [1.165, 1.54) is 6.33 Å². The third kappa shape index (κ3) is 3.74. The van der Waals surface area contributed by atoms with Crippen LogP contribution in [0.15, 0.2) is 78.6 Å². The maximum Gasteiger partial charge on any atom is 0.259 e. The van der Waals surface area contributed by atoms with Gasteiger partial charge < -0.3 is 5.32 Å². The number of tetrazole rings is 1. The number of benzene rings is 2. The second kappa shape index (κ2) is 7.96. The van der Waals surface area contributed by atoms with Gasteiger partial charge in [0, 0.05) is 11.9 Å². The number of carbonyl (C=O) groups is 1. The first-order valence-corrected chi connectivity index (χ1v) is 10.4. The summed E-state index contributed by atoms with van der Waals surface area (Å²) in [5, 5.41) is 20.9. The number of anilines is 1. The fourth-order valence-electron chi connectivity index (χ4n) is 3.20. The first kappa shape index (κ1) is 18.9. The van der Waals surface area contributed by atoms with Gasteiger partial charge in [0.1, 0.15) is 12.0 Å². The number of aromatic nitrogens is 6. The summed E-state index contributed by atoms with van der Waals surface area (Å²) in [7, 11) is 0. The van der Waals surface area contributed by atoms with E-state index in [0.717, 1.165) is 21.8 Å². The molecule has 1 N–H and O–H groups in total. The number of para-hydroxylation sites is 1. The Hall–Kier alpha value is -4.11. The van der Waals surface area contributed by atoms with E-state index in [4.69, 9.17) is 5.10 Å². The normalized spacial score (nSPS) is 10.9. The van der Waals surface area contributed by atoms with Gasteiger partial charge in [-0.3, -0.25) is 4.79 Å². The molecule has 5 rings (SSSR count). The summed E-state index contributed by atoms with van der Waals surface area (Å²) in [4.78, 5) is 14.2. The van der Waals surface area contributed by atoms with Crippen LogP contribution in [0.25, 0.3) is 21.9 Å². The standard InChI is InChI=1S/C22H17N7OS/c1-15-9-10-17(29-14-23-26-27-29)12-19(15)24-22(30)18-13-28(16-6-3-2-4-7-16)25-21(18)20-8-5-11-31-20/h2-14H,1H3,(H,24,30). The lowest BCUT2D eigenvalue weighted by molar-refractivity contribution is 0.102. The second-order valence-electron chi connectivity index (χ2n) is 6.86. The maximum absolute atomic E-state index is 13.3. The van der Waals surface area contributed by atoms with Crippen LogP contribution < -0.4 is 5.32 Å². The first-order valence-electron chi connectivity index (χ1n) is 9.53. The highest BCUT2D eigenvalue weighted by atomic mass is 32.1. The number of hydrogen-bond acceptors (Lipinski definition) is 6. The van der Waals surface area contributed by atoms with Crippen LogP contribution in [0.4, 0.5) is 5.69 Å². The van der Waals surface area contributed by atoms with Crippen LogP contribution in [0.1, 0.15) is 15.9 Å². The summed E-state index contributed by atoms with van der Waals surface area (Å²) in [6, 6.07) is 19.3. The summed E-state index contributed by atoms with van der Waals surface area (Å²) < 4.78 is 3.27. The molecule has 0 saturated heterocycles. The van der Waals surface area contributed by atoms with Crippen LogP contribution in [-0.4, -0.2) is 35.9 Å². The summed E-state index contributed by atoms with van der Waals surface area (Å²) in [5.74, 6) is -0.234. The van der Waals surface area contributed by atoms with Gasteiger partial charge in [-0.2, -0.15) is 5.10 Å². The van der Waals surface area contributed by atoms with Crippen molar-refractivity contribution in [1.29, 1.82) is 0 Å². The Labute approximate surface area is 181 Å². The molecule has 8 nitrogen and oxygen atoms in total. The Morgan fingerprint density at radius 2 is 1.87 bits per heavy atom. The number of thiophene rings is 1. The van der Waals surface area contributed by atoms with E-state index in [1.807, 2.05) is 73.0 Å². The number of aryl methyl sites for hydroxylation is 1. The first-order chi connectivity index (χ1) is 15.2. The SMILES string of the molecule is Cc1ccc(-n2cnnn2)cc1NC(=O)c1cn(-c2ccccc2)nc1-c1cccs1. The smallest absolute Gasteiger partial charge is 0.259 e. The van der Waals surface area contributed by atoms with E-state index in [2.05, 4.69) is 20.8 Å². The molecule has 3 aromatic heterocycles. The number of nitrogens with one attached hydrogen (secondary N) is 1. The Bertz CT molecular complexity index is 1330. The van der Waals surface area contributed by atoms with Crippen LogP contribution in [0.3, 0.4) is 0 Å². The van der Waals surface area contributed by atoms with Crippen LogP contribution in [0.5, 0.6) is 0 Å². The van der Waals surface area contributed by atoms with Crippen molar-refractivity contribution in [3.05, 3.63) is 89.7 Å². The van der Waals surface area contributed by atoms with Crippen LogP contribution >= 0.6 is 11.3 Å². The number of amides is 1. The molecule has 0 aliphatic carbocycles. The van der Waals surface area contributed by atoms with Gasteiger partial charge in [0.15, 0.2) is 0 Å². The highest BCUT2D eigenvalue weighted by Crippen LogP contribution is 2.29. The van der Waals surface area contributed by atoms with Crippen LogP contribution in [0, 0.1) is 6.92 Å². The average Bonchev–Trinajstić information content (AvgIpc) is 3.56. The number of rotatable bonds is 5. The molecule has 2 aromatic carbocycles. The molecule has 152 valence electrons. The molecule has 1 amide bonds. The molecule has 0 aliphatic rings. The van der Waals surface area contributed by atoms with Crippen molar-refractivity contribution in [2.45, 2.75) is 6.92 Å². The van der Waals surface area contributed by atoms with E-state index in [1.54, 1.807) is 26.9 Å². The Balaban J connectivity index is 1.52. The minimum absolute atomic E-state index is 0.234. The second-order valence-corrected chi connectivity index (χ2v) is 7.80. The minimum Gasteiger partial charge on any atom is -0.322 e. The number of hydrogen-bond donors (Lipinski definition) is 1. The van der Waals surface area contributed by atoms with Crippen molar-refractivity contribution in [3.63, 3.8) is 0 Å². The lowest BCUT2D eigenvalue weighted by atomic mass is 10.1. The Kier molecular flexibility index (Phi) is 4.85. The van der Waals surface area contributed by atoms with Crippen molar-refractivity contribution in [1.82, 2.24) is 30.0 Å². The highest BCUT2D eigenvalue weighted by Gasteiger charge is 2.20. The fourth-order valence-corrected chi connectivity index (χ4v) is 3.93. The van der Waals surface area contributed by atoms with Gasteiger partial charge in [0.05, 0.1) is 21.8 Å². The van der Waals surface area contributed by atoms with E-state index < -0.39 is 0 Å². The molecule has 31 heavy (non-hydrogen) atoms. The van der Waals surface area contributed by atoms with Crippen molar-refractivity contribution in [2.24, 2.45) is 0 Å². The zero-order chi connectivity index (χ0) is 21.2. The van der Waals surface area contributed by atoms with E-state index >= 15 is 0 Å². The largest absolute Gasteiger partial charge is 0.322 e. The Morgan fingerprint density at radius 3 is 2.61 bits per heavy atom. The zero-order valence-electron chi connectivity index (χ0n) is 16.5. The monoisotopic (exact) mass is 427 g/mol. The van der Waals surface area contributed by atoms with Crippen molar-refractivity contribution < 1.29 is 4.79 Å². The predicted molar refractivity (Wildman–Crippen MR) is 119 cm³/mol. The van der Waals surface area contributed by atoms with Crippen molar-refractivity contribution in [2.75, 3.05) is 5.32 Å². The molecule has 3 heterocycles. The quantitative estimate of drug-likeness (QED) is 0.455. The fraction of sp³-hybridized carbons (Fsp3) is 0.0455. The van der Waals surface area contributed by atoms with E-state index in [0.29, 0.717) is 16.9 Å². The summed E-state index contributed by atoms with van der Waals surface area (Å²) in [6.45, 7) is 1.94. The summed E-state index contributed by atoms with van der Waals surface area (Å²) in [5.41, 5.74) is 4.39. The predicted octanol–water partition coefficient (Wildman–Crippen LogP) is 4.14. The maximum atomic E-state index is 13.3. The van der Waals surface area contributed by atoms with Gasteiger partial charge in [-0.25, -0.2) is 9.36 Å². The molecule has 0 fully saturated rings. The van der Waals surface area contributed by atoms with Gasteiger partial charge in [-0.1, -0.05) is 30.3 Å². The topological polar surface area (TPSA) is 90.5 Å². The zero-order valence-corrected chi connectivity index (χ0v) is 17.3. The van der Waals surface area contributed by atoms with Gasteiger partial charge >= 0.3 is 0 Å². The average molecular weight is 427 g/mol. The van der Waals surface area contributed by atoms with Gasteiger partial charge in [-0.15, -0.1) is 16.4 Å². The molecule has 0 unspecified atom stereocenters. The molecule has 0 atom stereocenters. The molecule has 5 aromatic rings. The third-order valence-electron chi connectivity index (χ3n) is 4.82. The van der Waals surface area contributed by atoms with Crippen molar-refractivity contribution >= 4 is 22.9 Å². The summed E-state index contributed by atoms with van der Waals surface area (Å²) in [6.07, 6.45) is 3.27. The molecular weight excluding hydrogens is 410 g/mol. The molecule has 0 saturated carbocycles. The lowest BCUT2D eigenvalue weighted by Gasteiger charge is -2.10. The lowest BCUT2D eigenvalue weighted by Crippen LogP contribution is -2.13. The summed E-state index contributed by atoms with van der Waals surface area (Å²) >= 11 is 1.54. The Morgan fingerprint density at radius 1 is 1.00 bits per heavy atom. The molecular formula is C22H17N7OS. The molecule has 0 aliphatic heterocycles. The van der Waals surface area contributed by atoms with Crippen molar-refractivity contribution in [3.8, 4) is 21.9 Å². The molecule has 0 bridgehead atoms. The molecule has 9 heteroatoms. The third-order valence-corrected chi connectivity index (χ3v) is 5.69.